The number of ketones is 1. The Hall–Kier alpha value is -4.04. The van der Waals surface area contributed by atoms with E-state index in [-0.39, 0.29) is 21.7 Å². The molecule has 9 heteroatoms. The number of nitrogens with one attached hydrogen (secondary N) is 1. The predicted octanol–water partition coefficient (Wildman–Crippen LogP) is 4.97. The first-order chi connectivity index (χ1) is 15.7. The van der Waals surface area contributed by atoms with Gasteiger partial charge in [-0.2, -0.15) is 0 Å². The standard InChI is InChI=1S/C24H19ClN2O6/c1-14-6-5-7-17(12-14)26-23(29)15(2)33-24(30)19-9-4-3-8-18(19)22(28)16-10-11-20(25)21(13-16)27(31)32/h3-13,15H,1-2H3,(H,26,29). The van der Waals surface area contributed by atoms with E-state index in [1.807, 2.05) is 13.0 Å². The zero-order valence-corrected chi connectivity index (χ0v) is 18.5. The first-order valence-electron chi connectivity index (χ1n) is 9.83. The van der Waals surface area contributed by atoms with Crippen molar-refractivity contribution in [1.82, 2.24) is 0 Å². The normalized spacial score (nSPS) is 11.4. The average molecular weight is 467 g/mol. The summed E-state index contributed by atoms with van der Waals surface area (Å²) in [5.41, 5.74) is 0.969. The Morgan fingerprint density at radius 2 is 1.70 bits per heavy atom. The van der Waals surface area contributed by atoms with Gasteiger partial charge < -0.3 is 10.1 Å². The van der Waals surface area contributed by atoms with Gasteiger partial charge in [0.15, 0.2) is 11.9 Å². The fourth-order valence-electron chi connectivity index (χ4n) is 3.05. The monoisotopic (exact) mass is 466 g/mol. The highest BCUT2D eigenvalue weighted by molar-refractivity contribution is 6.33. The van der Waals surface area contributed by atoms with Crippen LogP contribution in [0.4, 0.5) is 11.4 Å². The number of hydrogen-bond donors (Lipinski definition) is 1. The maximum atomic E-state index is 13.0. The second kappa shape index (κ2) is 10.1. The Morgan fingerprint density at radius 3 is 2.36 bits per heavy atom. The molecule has 33 heavy (non-hydrogen) atoms. The molecule has 0 bridgehead atoms. The van der Waals surface area contributed by atoms with Crippen molar-refractivity contribution in [2.45, 2.75) is 20.0 Å². The number of esters is 1. The molecule has 0 aliphatic rings. The van der Waals surface area contributed by atoms with Crippen LogP contribution in [0.2, 0.25) is 5.02 Å². The van der Waals surface area contributed by atoms with Crippen molar-refractivity contribution >= 4 is 40.6 Å². The van der Waals surface area contributed by atoms with Crippen LogP contribution in [0.15, 0.2) is 66.7 Å². The van der Waals surface area contributed by atoms with Crippen molar-refractivity contribution < 1.29 is 24.0 Å². The van der Waals surface area contributed by atoms with Crippen molar-refractivity contribution in [2.75, 3.05) is 5.32 Å². The van der Waals surface area contributed by atoms with Crippen LogP contribution in [0.25, 0.3) is 0 Å². The molecule has 0 fully saturated rings. The number of carbonyl (C=O) groups excluding carboxylic acids is 3. The largest absolute Gasteiger partial charge is 0.449 e. The summed E-state index contributed by atoms with van der Waals surface area (Å²) in [7, 11) is 0. The molecule has 0 heterocycles. The fourth-order valence-corrected chi connectivity index (χ4v) is 3.24. The molecule has 8 nitrogen and oxygen atoms in total. The van der Waals surface area contributed by atoms with Gasteiger partial charge >= 0.3 is 5.97 Å². The molecule has 3 aromatic carbocycles. The number of anilines is 1. The topological polar surface area (TPSA) is 116 Å². The highest BCUT2D eigenvalue weighted by Crippen LogP contribution is 2.27. The Balaban J connectivity index is 1.80. The van der Waals surface area contributed by atoms with Crippen LogP contribution in [-0.2, 0) is 9.53 Å². The van der Waals surface area contributed by atoms with E-state index in [4.69, 9.17) is 16.3 Å². The van der Waals surface area contributed by atoms with Gasteiger partial charge in [0.2, 0.25) is 0 Å². The molecule has 0 saturated carbocycles. The molecule has 1 unspecified atom stereocenters. The molecule has 1 N–H and O–H groups in total. The number of aryl methyl sites for hydroxylation is 1. The first kappa shape index (κ1) is 23.6. The summed E-state index contributed by atoms with van der Waals surface area (Å²) < 4.78 is 5.28. The van der Waals surface area contributed by atoms with Crippen molar-refractivity contribution in [3.05, 3.63) is 104 Å². The van der Waals surface area contributed by atoms with Gasteiger partial charge in [-0.05, 0) is 49.7 Å². The van der Waals surface area contributed by atoms with Gasteiger partial charge in [-0.15, -0.1) is 0 Å². The number of nitro benzene ring substituents is 1. The van der Waals surface area contributed by atoms with Crippen LogP contribution < -0.4 is 5.32 Å². The van der Waals surface area contributed by atoms with Crippen LogP contribution >= 0.6 is 11.6 Å². The highest BCUT2D eigenvalue weighted by Gasteiger charge is 2.25. The molecule has 0 aromatic heterocycles. The van der Waals surface area contributed by atoms with Gasteiger partial charge in [-0.3, -0.25) is 19.7 Å². The smallest absolute Gasteiger partial charge is 0.339 e. The SMILES string of the molecule is Cc1cccc(NC(=O)C(C)OC(=O)c2ccccc2C(=O)c2ccc(Cl)c([N+](=O)[O-])c2)c1. The molecule has 1 atom stereocenters. The van der Waals surface area contributed by atoms with Gasteiger partial charge in [0.25, 0.3) is 11.6 Å². The Labute approximate surface area is 194 Å². The zero-order valence-electron chi connectivity index (χ0n) is 17.7. The summed E-state index contributed by atoms with van der Waals surface area (Å²) in [6.07, 6.45) is -1.14. The Bertz CT molecular complexity index is 1260. The fraction of sp³-hybridized carbons (Fsp3) is 0.125. The quantitative estimate of drug-likeness (QED) is 0.227. The van der Waals surface area contributed by atoms with E-state index in [1.54, 1.807) is 24.3 Å². The molecule has 0 spiro atoms. The zero-order chi connectivity index (χ0) is 24.1. The van der Waals surface area contributed by atoms with E-state index in [9.17, 15) is 24.5 Å². The molecule has 3 aromatic rings. The molecule has 0 saturated heterocycles. The number of ether oxygens (including phenoxy) is 1. The van der Waals surface area contributed by atoms with Crippen LogP contribution in [0.3, 0.4) is 0 Å². The summed E-state index contributed by atoms with van der Waals surface area (Å²) >= 11 is 5.81. The number of nitro groups is 1. The summed E-state index contributed by atoms with van der Waals surface area (Å²) in [6.45, 7) is 3.29. The lowest BCUT2D eigenvalue weighted by atomic mass is 9.98. The summed E-state index contributed by atoms with van der Waals surface area (Å²) in [6, 6.07) is 16.6. The lowest BCUT2D eigenvalue weighted by molar-refractivity contribution is -0.384. The third kappa shape index (κ3) is 5.61. The number of hydrogen-bond acceptors (Lipinski definition) is 6. The lowest BCUT2D eigenvalue weighted by Crippen LogP contribution is -2.30. The molecule has 168 valence electrons. The molecule has 1 amide bonds. The number of amides is 1. The van der Waals surface area contributed by atoms with Crippen LogP contribution in [0, 0.1) is 17.0 Å². The Morgan fingerprint density at radius 1 is 1.00 bits per heavy atom. The van der Waals surface area contributed by atoms with E-state index < -0.39 is 34.4 Å². The molecule has 0 aliphatic carbocycles. The molecular formula is C24H19ClN2O6. The number of carbonyl (C=O) groups is 3. The van der Waals surface area contributed by atoms with Crippen molar-refractivity contribution in [2.24, 2.45) is 0 Å². The number of benzene rings is 3. The maximum absolute atomic E-state index is 13.0. The third-order valence-corrected chi connectivity index (χ3v) is 5.05. The van der Waals surface area contributed by atoms with Crippen LogP contribution in [-0.4, -0.2) is 28.7 Å². The molecule has 3 rings (SSSR count). The molecule has 0 aliphatic heterocycles. The lowest BCUT2D eigenvalue weighted by Gasteiger charge is -2.15. The van der Waals surface area contributed by atoms with E-state index in [1.165, 1.54) is 37.3 Å². The average Bonchev–Trinajstić information content (AvgIpc) is 2.78. The second-order valence-electron chi connectivity index (χ2n) is 7.20. The molecule has 0 radical (unpaired) electrons. The van der Waals surface area contributed by atoms with Crippen molar-refractivity contribution in [3.63, 3.8) is 0 Å². The minimum atomic E-state index is -1.14. The van der Waals surface area contributed by atoms with Crippen LogP contribution in [0.1, 0.15) is 38.8 Å². The number of halogens is 1. The number of nitrogens with zero attached hydrogens (tertiary/aromatic N) is 1. The van der Waals surface area contributed by atoms with E-state index >= 15 is 0 Å². The van der Waals surface area contributed by atoms with Crippen molar-refractivity contribution in [1.29, 1.82) is 0 Å². The summed E-state index contributed by atoms with van der Waals surface area (Å²) in [4.78, 5) is 48.6. The third-order valence-electron chi connectivity index (χ3n) is 4.74. The maximum Gasteiger partial charge on any atom is 0.339 e. The second-order valence-corrected chi connectivity index (χ2v) is 7.61. The van der Waals surface area contributed by atoms with E-state index in [0.29, 0.717) is 5.69 Å². The van der Waals surface area contributed by atoms with Gasteiger partial charge in [-0.1, -0.05) is 41.9 Å². The van der Waals surface area contributed by atoms with E-state index in [2.05, 4.69) is 5.32 Å². The van der Waals surface area contributed by atoms with Gasteiger partial charge in [0, 0.05) is 22.9 Å². The highest BCUT2D eigenvalue weighted by atomic mass is 35.5. The van der Waals surface area contributed by atoms with Gasteiger partial charge in [0.1, 0.15) is 5.02 Å². The van der Waals surface area contributed by atoms with E-state index in [0.717, 1.165) is 11.6 Å². The van der Waals surface area contributed by atoms with Crippen LogP contribution in [0.5, 0.6) is 0 Å². The minimum absolute atomic E-state index is 0.0170. The minimum Gasteiger partial charge on any atom is -0.449 e. The number of rotatable bonds is 7. The van der Waals surface area contributed by atoms with Crippen molar-refractivity contribution in [3.8, 4) is 0 Å². The van der Waals surface area contributed by atoms with Gasteiger partial charge in [0.05, 0.1) is 10.5 Å². The summed E-state index contributed by atoms with van der Waals surface area (Å²) in [5, 5.41) is 13.7. The molecular weight excluding hydrogens is 448 g/mol. The predicted molar refractivity (Wildman–Crippen MR) is 123 cm³/mol. The first-order valence-corrected chi connectivity index (χ1v) is 10.2. The summed E-state index contributed by atoms with van der Waals surface area (Å²) in [5.74, 6) is -2.04. The Kier molecular flexibility index (Phi) is 7.20. The van der Waals surface area contributed by atoms with Gasteiger partial charge in [-0.25, -0.2) is 4.79 Å².